The lowest BCUT2D eigenvalue weighted by molar-refractivity contribution is 0.0950. The smallest absolute Gasteiger partial charge is 0.251 e. The van der Waals surface area contributed by atoms with Crippen molar-refractivity contribution in [2.75, 3.05) is 6.54 Å². The van der Waals surface area contributed by atoms with Crippen LogP contribution in [-0.4, -0.2) is 18.4 Å². The molecule has 3 aromatic rings. The van der Waals surface area contributed by atoms with Crippen molar-refractivity contribution in [2.24, 2.45) is 0 Å². The molecule has 29 heavy (non-hydrogen) atoms. The Hall–Kier alpha value is -3.47. The fourth-order valence-electron chi connectivity index (χ4n) is 3.00. The third-order valence-corrected chi connectivity index (χ3v) is 4.73. The molecule has 0 aromatic heterocycles. The highest BCUT2D eigenvalue weighted by Gasteiger charge is 2.11. The first-order valence-electron chi connectivity index (χ1n) is 9.49. The van der Waals surface area contributed by atoms with Gasteiger partial charge in [-0.25, -0.2) is 4.39 Å². The Morgan fingerprint density at radius 1 is 0.793 bits per heavy atom. The molecule has 0 aliphatic heterocycles. The zero-order chi connectivity index (χ0) is 20.6. The summed E-state index contributed by atoms with van der Waals surface area (Å²) in [6.07, 6.45) is 0.398. The van der Waals surface area contributed by atoms with Crippen LogP contribution in [0.25, 0.3) is 0 Å². The average Bonchev–Trinajstić information content (AvgIpc) is 2.74. The highest BCUT2D eigenvalue weighted by Crippen LogP contribution is 2.10. The Morgan fingerprint density at radius 2 is 1.41 bits per heavy atom. The van der Waals surface area contributed by atoms with E-state index in [-0.39, 0.29) is 17.6 Å². The molecule has 0 heterocycles. The Bertz CT molecular complexity index is 1020. The molecule has 0 saturated heterocycles. The zero-order valence-corrected chi connectivity index (χ0v) is 16.2. The van der Waals surface area contributed by atoms with Crippen molar-refractivity contribution in [3.63, 3.8) is 0 Å². The van der Waals surface area contributed by atoms with Crippen molar-refractivity contribution in [2.45, 2.75) is 19.9 Å². The fraction of sp³-hybridized carbons (Fsp3) is 0.167. The molecule has 0 aliphatic carbocycles. The Kier molecular flexibility index (Phi) is 6.74. The van der Waals surface area contributed by atoms with Gasteiger partial charge in [-0.2, -0.15) is 0 Å². The maximum absolute atomic E-state index is 13.6. The lowest BCUT2D eigenvalue weighted by Gasteiger charge is -2.10. The van der Waals surface area contributed by atoms with Crippen molar-refractivity contribution in [1.29, 1.82) is 0 Å². The summed E-state index contributed by atoms with van der Waals surface area (Å²) in [4.78, 5) is 24.8. The van der Waals surface area contributed by atoms with Gasteiger partial charge in [0.1, 0.15) is 5.82 Å². The Morgan fingerprint density at radius 3 is 2.10 bits per heavy atom. The maximum atomic E-state index is 13.6. The van der Waals surface area contributed by atoms with Crippen LogP contribution in [0.3, 0.4) is 0 Å². The van der Waals surface area contributed by atoms with Crippen LogP contribution in [0.1, 0.15) is 37.4 Å². The molecule has 148 valence electrons. The molecule has 2 N–H and O–H groups in total. The first-order valence-corrected chi connectivity index (χ1v) is 9.49. The molecule has 3 aromatic carbocycles. The number of hydrogen-bond acceptors (Lipinski definition) is 2. The van der Waals surface area contributed by atoms with E-state index in [0.717, 1.165) is 11.1 Å². The molecule has 2 amide bonds. The fourth-order valence-corrected chi connectivity index (χ4v) is 3.00. The van der Waals surface area contributed by atoms with E-state index in [2.05, 4.69) is 10.6 Å². The van der Waals surface area contributed by atoms with Gasteiger partial charge in [0.2, 0.25) is 0 Å². The predicted octanol–water partition coefficient (Wildman–Crippen LogP) is 4.04. The molecule has 0 bridgehead atoms. The summed E-state index contributed by atoms with van der Waals surface area (Å²) in [6, 6.07) is 20.9. The van der Waals surface area contributed by atoms with Gasteiger partial charge in [-0.1, -0.05) is 48.5 Å². The van der Waals surface area contributed by atoms with Crippen LogP contribution in [0.15, 0.2) is 72.8 Å². The molecule has 0 radical (unpaired) electrons. The van der Waals surface area contributed by atoms with Gasteiger partial charge in [-0.05, 0) is 54.3 Å². The molecule has 4 nitrogen and oxygen atoms in total. The molecule has 0 aliphatic rings. The van der Waals surface area contributed by atoms with E-state index < -0.39 is 0 Å². The number of amides is 2. The number of benzene rings is 3. The van der Waals surface area contributed by atoms with E-state index in [9.17, 15) is 14.0 Å². The summed E-state index contributed by atoms with van der Waals surface area (Å²) in [5.74, 6) is -0.821. The van der Waals surface area contributed by atoms with Crippen molar-refractivity contribution >= 4 is 11.8 Å². The van der Waals surface area contributed by atoms with Crippen LogP contribution >= 0.6 is 0 Å². The monoisotopic (exact) mass is 390 g/mol. The van der Waals surface area contributed by atoms with E-state index in [1.165, 1.54) is 6.07 Å². The molecule has 0 saturated carbocycles. The SMILES string of the molecule is Cc1ccccc1CNC(=O)c1cccc(C(=O)NCCc2ccccc2F)c1. The molecule has 5 heteroatoms. The molecule has 0 unspecified atom stereocenters. The minimum absolute atomic E-state index is 0.241. The second-order valence-electron chi connectivity index (χ2n) is 6.79. The molecular weight excluding hydrogens is 367 g/mol. The first-order chi connectivity index (χ1) is 14.0. The standard InChI is InChI=1S/C24H23FN2O2/c1-17-7-2-3-9-21(17)16-27-24(29)20-11-6-10-19(15-20)23(28)26-14-13-18-8-4-5-12-22(18)25/h2-12,15H,13-14,16H2,1H3,(H,26,28)(H,27,29). The summed E-state index contributed by atoms with van der Waals surface area (Å²) >= 11 is 0. The minimum atomic E-state index is -0.296. The van der Waals surface area contributed by atoms with E-state index in [4.69, 9.17) is 0 Å². The minimum Gasteiger partial charge on any atom is -0.352 e. The number of carbonyl (C=O) groups excluding carboxylic acids is 2. The molecular formula is C24H23FN2O2. The van der Waals surface area contributed by atoms with Crippen LogP contribution in [0, 0.1) is 12.7 Å². The second-order valence-corrected chi connectivity index (χ2v) is 6.79. The van der Waals surface area contributed by atoms with Gasteiger partial charge in [0.15, 0.2) is 0 Å². The third-order valence-electron chi connectivity index (χ3n) is 4.73. The van der Waals surface area contributed by atoms with Crippen molar-refractivity contribution in [3.8, 4) is 0 Å². The molecule has 3 rings (SSSR count). The highest BCUT2D eigenvalue weighted by molar-refractivity contribution is 5.99. The van der Waals surface area contributed by atoms with Crippen LogP contribution < -0.4 is 10.6 Å². The lowest BCUT2D eigenvalue weighted by Crippen LogP contribution is -2.27. The summed E-state index contributed by atoms with van der Waals surface area (Å²) in [5, 5.41) is 5.65. The van der Waals surface area contributed by atoms with Crippen LogP contribution in [0.5, 0.6) is 0 Å². The van der Waals surface area contributed by atoms with Gasteiger partial charge >= 0.3 is 0 Å². The Labute approximate surface area is 169 Å². The van der Waals surface area contributed by atoms with Gasteiger partial charge < -0.3 is 10.6 Å². The quantitative estimate of drug-likeness (QED) is 0.640. The van der Waals surface area contributed by atoms with Gasteiger partial charge in [0.25, 0.3) is 11.8 Å². The van der Waals surface area contributed by atoms with Crippen LogP contribution in [0.4, 0.5) is 4.39 Å². The van der Waals surface area contributed by atoms with E-state index in [1.54, 1.807) is 42.5 Å². The highest BCUT2D eigenvalue weighted by atomic mass is 19.1. The van der Waals surface area contributed by atoms with Gasteiger partial charge in [0, 0.05) is 24.2 Å². The zero-order valence-electron chi connectivity index (χ0n) is 16.2. The summed E-state index contributed by atoms with van der Waals surface area (Å²) in [5.41, 5.74) is 3.51. The average molecular weight is 390 g/mol. The van der Waals surface area contributed by atoms with E-state index >= 15 is 0 Å². The van der Waals surface area contributed by atoms with Gasteiger partial charge in [0.05, 0.1) is 0 Å². The number of carbonyl (C=O) groups is 2. The van der Waals surface area contributed by atoms with E-state index in [0.29, 0.717) is 36.2 Å². The van der Waals surface area contributed by atoms with Crippen molar-refractivity contribution in [3.05, 3.63) is 106 Å². The number of halogens is 1. The summed E-state index contributed by atoms with van der Waals surface area (Å²) < 4.78 is 13.6. The summed E-state index contributed by atoms with van der Waals surface area (Å²) in [7, 11) is 0. The molecule has 0 fully saturated rings. The molecule has 0 spiro atoms. The second kappa shape index (κ2) is 9.64. The number of nitrogens with one attached hydrogen (secondary N) is 2. The first kappa shape index (κ1) is 20.3. The maximum Gasteiger partial charge on any atom is 0.251 e. The van der Waals surface area contributed by atoms with Crippen LogP contribution in [-0.2, 0) is 13.0 Å². The molecule has 0 atom stereocenters. The lowest BCUT2D eigenvalue weighted by atomic mass is 10.1. The normalized spacial score (nSPS) is 10.4. The summed E-state index contributed by atoms with van der Waals surface area (Å²) in [6.45, 7) is 2.72. The third kappa shape index (κ3) is 5.51. The topological polar surface area (TPSA) is 58.2 Å². The van der Waals surface area contributed by atoms with Crippen LogP contribution in [0.2, 0.25) is 0 Å². The van der Waals surface area contributed by atoms with Crippen molar-refractivity contribution in [1.82, 2.24) is 10.6 Å². The van der Waals surface area contributed by atoms with Crippen molar-refractivity contribution < 1.29 is 14.0 Å². The van der Waals surface area contributed by atoms with E-state index in [1.807, 2.05) is 31.2 Å². The van der Waals surface area contributed by atoms with Gasteiger partial charge in [-0.15, -0.1) is 0 Å². The number of hydrogen-bond donors (Lipinski definition) is 2. The van der Waals surface area contributed by atoms with Gasteiger partial charge in [-0.3, -0.25) is 9.59 Å². The predicted molar refractivity (Wildman–Crippen MR) is 111 cm³/mol. The number of aryl methyl sites for hydroxylation is 1. The largest absolute Gasteiger partial charge is 0.352 e. The Balaban J connectivity index is 1.56. The number of rotatable bonds is 7.